The molecule has 1 N–H and O–H groups in total. The van der Waals surface area contributed by atoms with Gasteiger partial charge in [0.2, 0.25) is 5.91 Å². The Balaban J connectivity index is 1.61. The van der Waals surface area contributed by atoms with Crippen molar-refractivity contribution in [1.82, 2.24) is 10.2 Å². The monoisotopic (exact) mass is 352 g/mol. The smallest absolute Gasteiger partial charge is 0.409 e. The fourth-order valence-corrected chi connectivity index (χ4v) is 3.40. The molecule has 0 unspecified atom stereocenters. The molecule has 26 heavy (non-hydrogen) atoms. The lowest BCUT2D eigenvalue weighted by Gasteiger charge is -2.19. The second-order valence-electron chi connectivity index (χ2n) is 6.50. The molecule has 0 bridgehead atoms. The van der Waals surface area contributed by atoms with Gasteiger partial charge in [0.15, 0.2) is 0 Å². The molecule has 2 aromatic carbocycles. The largest absolute Gasteiger partial charge is 0.448 e. The number of amides is 2. The standard InChI is InChI=1S/C21H24N2O3/c1-22-20(24)12-7-13-23(2)21(25)26-14-19-17-10-5-3-8-15(17)16-9-4-6-11-18(16)19/h3-6,8-11,19H,7,12-14H2,1-2H3,(H,22,24). The van der Waals surface area contributed by atoms with E-state index in [2.05, 4.69) is 29.6 Å². The number of carbonyl (C=O) groups is 2. The molecule has 2 amide bonds. The number of nitrogens with one attached hydrogen (secondary N) is 1. The van der Waals surface area contributed by atoms with Crippen LogP contribution < -0.4 is 5.32 Å². The van der Waals surface area contributed by atoms with E-state index in [-0.39, 0.29) is 17.9 Å². The molecule has 0 fully saturated rings. The Labute approximate surface area is 154 Å². The average Bonchev–Trinajstić information content (AvgIpc) is 2.99. The van der Waals surface area contributed by atoms with Crippen molar-refractivity contribution in [2.45, 2.75) is 18.8 Å². The third kappa shape index (κ3) is 3.72. The van der Waals surface area contributed by atoms with Crippen LogP contribution in [-0.4, -0.2) is 44.1 Å². The summed E-state index contributed by atoms with van der Waals surface area (Å²) in [7, 11) is 3.31. The molecule has 1 aliphatic rings. The summed E-state index contributed by atoms with van der Waals surface area (Å²) in [6, 6.07) is 16.5. The summed E-state index contributed by atoms with van der Waals surface area (Å²) in [4.78, 5) is 25.0. The van der Waals surface area contributed by atoms with Crippen LogP contribution >= 0.6 is 0 Å². The molecule has 136 valence electrons. The van der Waals surface area contributed by atoms with Gasteiger partial charge in [-0.3, -0.25) is 4.79 Å². The molecule has 0 heterocycles. The number of hydrogen-bond donors (Lipinski definition) is 1. The van der Waals surface area contributed by atoms with Crippen molar-refractivity contribution < 1.29 is 14.3 Å². The van der Waals surface area contributed by atoms with Crippen LogP contribution in [0.5, 0.6) is 0 Å². The molecule has 0 saturated carbocycles. The molecule has 0 radical (unpaired) electrons. The number of rotatable bonds is 6. The van der Waals surface area contributed by atoms with Crippen molar-refractivity contribution >= 4 is 12.0 Å². The van der Waals surface area contributed by atoms with Crippen molar-refractivity contribution in [2.75, 3.05) is 27.2 Å². The van der Waals surface area contributed by atoms with Gasteiger partial charge < -0.3 is 15.0 Å². The predicted octanol–water partition coefficient (Wildman–Crippen LogP) is 3.39. The lowest BCUT2D eigenvalue weighted by Crippen LogP contribution is -2.30. The Morgan fingerprint density at radius 2 is 1.62 bits per heavy atom. The highest BCUT2D eigenvalue weighted by Gasteiger charge is 2.29. The molecule has 3 rings (SSSR count). The molecular formula is C21H24N2O3. The zero-order chi connectivity index (χ0) is 18.5. The first-order chi connectivity index (χ1) is 12.6. The predicted molar refractivity (Wildman–Crippen MR) is 101 cm³/mol. The van der Waals surface area contributed by atoms with E-state index in [1.165, 1.54) is 27.2 Å². The van der Waals surface area contributed by atoms with Crippen LogP contribution in [0.3, 0.4) is 0 Å². The maximum absolute atomic E-state index is 12.3. The summed E-state index contributed by atoms with van der Waals surface area (Å²) in [5, 5.41) is 2.58. The first-order valence-corrected chi connectivity index (χ1v) is 8.88. The molecule has 1 aliphatic carbocycles. The van der Waals surface area contributed by atoms with Crippen molar-refractivity contribution in [2.24, 2.45) is 0 Å². The van der Waals surface area contributed by atoms with Gasteiger partial charge in [0.05, 0.1) is 0 Å². The lowest BCUT2D eigenvalue weighted by atomic mass is 9.98. The average molecular weight is 352 g/mol. The molecule has 5 heteroatoms. The molecule has 0 saturated heterocycles. The van der Waals surface area contributed by atoms with Crippen LogP contribution in [0.2, 0.25) is 0 Å². The molecule has 0 aromatic heterocycles. The van der Waals surface area contributed by atoms with E-state index in [0.29, 0.717) is 26.0 Å². The number of hydrogen-bond acceptors (Lipinski definition) is 3. The van der Waals surface area contributed by atoms with Crippen molar-refractivity contribution in [3.63, 3.8) is 0 Å². The second-order valence-corrected chi connectivity index (χ2v) is 6.50. The van der Waals surface area contributed by atoms with Gasteiger partial charge in [-0.1, -0.05) is 48.5 Å². The highest BCUT2D eigenvalue weighted by atomic mass is 16.6. The van der Waals surface area contributed by atoms with E-state index >= 15 is 0 Å². The quantitative estimate of drug-likeness (QED) is 0.867. The molecule has 5 nitrogen and oxygen atoms in total. The Bertz CT molecular complexity index is 758. The Kier molecular flexibility index (Phi) is 5.56. The molecule has 2 aromatic rings. The van der Waals surface area contributed by atoms with E-state index in [1.54, 1.807) is 14.1 Å². The van der Waals surface area contributed by atoms with Crippen molar-refractivity contribution in [1.29, 1.82) is 0 Å². The Morgan fingerprint density at radius 3 is 2.19 bits per heavy atom. The van der Waals surface area contributed by atoms with Gasteiger partial charge in [0.25, 0.3) is 0 Å². The first kappa shape index (κ1) is 18.0. The summed E-state index contributed by atoms with van der Waals surface area (Å²) in [6.45, 7) is 0.802. The second kappa shape index (κ2) is 8.04. The number of nitrogens with zero attached hydrogens (tertiary/aromatic N) is 1. The van der Waals surface area contributed by atoms with Gasteiger partial charge in [-0.15, -0.1) is 0 Å². The number of ether oxygens (including phenoxy) is 1. The first-order valence-electron chi connectivity index (χ1n) is 8.88. The van der Waals surface area contributed by atoms with Gasteiger partial charge in [0, 0.05) is 33.0 Å². The van der Waals surface area contributed by atoms with E-state index in [9.17, 15) is 9.59 Å². The topological polar surface area (TPSA) is 58.6 Å². The van der Waals surface area contributed by atoms with E-state index in [0.717, 1.165) is 0 Å². The molecular weight excluding hydrogens is 328 g/mol. The molecule has 0 aliphatic heterocycles. The fourth-order valence-electron chi connectivity index (χ4n) is 3.40. The minimum Gasteiger partial charge on any atom is -0.448 e. The van der Waals surface area contributed by atoms with Crippen molar-refractivity contribution in [3.05, 3.63) is 59.7 Å². The minimum atomic E-state index is -0.358. The van der Waals surface area contributed by atoms with E-state index < -0.39 is 0 Å². The van der Waals surface area contributed by atoms with E-state index in [4.69, 9.17) is 4.74 Å². The lowest BCUT2D eigenvalue weighted by molar-refractivity contribution is -0.120. The zero-order valence-corrected chi connectivity index (χ0v) is 15.2. The third-order valence-corrected chi connectivity index (χ3v) is 4.82. The van der Waals surface area contributed by atoms with Crippen LogP contribution in [0.1, 0.15) is 29.9 Å². The maximum Gasteiger partial charge on any atom is 0.409 e. The highest BCUT2D eigenvalue weighted by molar-refractivity contribution is 5.79. The number of benzene rings is 2. The van der Waals surface area contributed by atoms with Gasteiger partial charge in [-0.2, -0.15) is 0 Å². The molecule has 0 spiro atoms. The maximum atomic E-state index is 12.3. The van der Waals surface area contributed by atoms with Crippen LogP contribution in [0.25, 0.3) is 11.1 Å². The fraction of sp³-hybridized carbons (Fsp3) is 0.333. The van der Waals surface area contributed by atoms with Crippen LogP contribution in [0.4, 0.5) is 4.79 Å². The summed E-state index contributed by atoms with van der Waals surface area (Å²) >= 11 is 0. The summed E-state index contributed by atoms with van der Waals surface area (Å²) < 4.78 is 5.57. The third-order valence-electron chi connectivity index (χ3n) is 4.82. The van der Waals surface area contributed by atoms with Gasteiger partial charge in [-0.05, 0) is 28.7 Å². The van der Waals surface area contributed by atoms with Gasteiger partial charge in [0.1, 0.15) is 6.61 Å². The highest BCUT2D eigenvalue weighted by Crippen LogP contribution is 2.44. The Morgan fingerprint density at radius 1 is 1.04 bits per heavy atom. The SMILES string of the molecule is CNC(=O)CCCN(C)C(=O)OCC1c2ccccc2-c2ccccc21. The van der Waals surface area contributed by atoms with E-state index in [1.807, 2.05) is 24.3 Å². The zero-order valence-electron chi connectivity index (χ0n) is 15.2. The molecule has 0 atom stereocenters. The van der Waals surface area contributed by atoms with Gasteiger partial charge >= 0.3 is 6.09 Å². The van der Waals surface area contributed by atoms with Crippen LogP contribution in [0, 0.1) is 0 Å². The normalized spacial score (nSPS) is 12.2. The number of fused-ring (bicyclic) bond motifs is 3. The summed E-state index contributed by atoms with van der Waals surface area (Å²) in [5.41, 5.74) is 4.82. The summed E-state index contributed by atoms with van der Waals surface area (Å²) in [6.07, 6.45) is 0.654. The van der Waals surface area contributed by atoms with Gasteiger partial charge in [-0.25, -0.2) is 4.79 Å². The minimum absolute atomic E-state index is 0.0223. The van der Waals surface area contributed by atoms with Crippen molar-refractivity contribution in [3.8, 4) is 11.1 Å². The Hall–Kier alpha value is -2.82. The number of carbonyl (C=O) groups excluding carboxylic acids is 2. The van der Waals surface area contributed by atoms with Crippen LogP contribution in [-0.2, 0) is 9.53 Å². The summed E-state index contributed by atoms with van der Waals surface area (Å²) in [5.74, 6) is 0.0385. The van der Waals surface area contributed by atoms with Crippen LogP contribution in [0.15, 0.2) is 48.5 Å².